The van der Waals surface area contributed by atoms with Crippen LogP contribution in [-0.4, -0.2) is 9.59 Å². The van der Waals surface area contributed by atoms with E-state index in [2.05, 4.69) is 9.59 Å². The number of benzene rings is 2. The summed E-state index contributed by atoms with van der Waals surface area (Å²) in [7, 11) is 0. The number of halogens is 2. The molecular formula is C17H12F2N2S. The number of allylic oxidation sites excluding steroid dienone is 1. The van der Waals surface area contributed by atoms with Gasteiger partial charge >= 0.3 is 0 Å². The van der Waals surface area contributed by atoms with Crippen molar-refractivity contribution in [3.05, 3.63) is 77.5 Å². The summed E-state index contributed by atoms with van der Waals surface area (Å²) in [5.41, 5.74) is 2.57. The molecular weight excluding hydrogens is 302 g/mol. The van der Waals surface area contributed by atoms with Crippen LogP contribution in [-0.2, 0) is 6.42 Å². The van der Waals surface area contributed by atoms with Gasteiger partial charge in [-0.15, -0.1) is 5.10 Å². The lowest BCUT2D eigenvalue weighted by atomic mass is 10.1. The molecule has 0 aliphatic carbocycles. The Labute approximate surface area is 130 Å². The molecule has 0 fully saturated rings. The molecule has 0 unspecified atom stereocenters. The van der Waals surface area contributed by atoms with Gasteiger partial charge in [0, 0.05) is 11.6 Å². The number of nitrogens with zero attached hydrogens (tertiary/aromatic N) is 2. The topological polar surface area (TPSA) is 25.8 Å². The Morgan fingerprint density at radius 1 is 1.05 bits per heavy atom. The Balaban J connectivity index is 1.67. The molecule has 5 heteroatoms. The lowest BCUT2D eigenvalue weighted by Crippen LogP contribution is -1.85. The van der Waals surface area contributed by atoms with Gasteiger partial charge < -0.3 is 0 Å². The molecule has 1 aromatic heterocycles. The largest absolute Gasteiger partial charge is 0.207 e. The predicted octanol–water partition coefficient (Wildman–Crippen LogP) is 4.74. The van der Waals surface area contributed by atoms with Crippen LogP contribution in [0.15, 0.2) is 54.7 Å². The van der Waals surface area contributed by atoms with E-state index in [9.17, 15) is 8.78 Å². The Hall–Kier alpha value is -2.40. The fourth-order valence-corrected chi connectivity index (χ4v) is 2.58. The summed E-state index contributed by atoms with van der Waals surface area (Å²) in [6, 6.07) is 11.6. The van der Waals surface area contributed by atoms with E-state index in [0.717, 1.165) is 22.1 Å². The van der Waals surface area contributed by atoms with Gasteiger partial charge in [-0.25, -0.2) is 8.78 Å². The quantitative estimate of drug-likeness (QED) is 0.695. The summed E-state index contributed by atoms with van der Waals surface area (Å²) in [4.78, 5) is 1.02. The molecule has 0 spiro atoms. The molecule has 110 valence electrons. The smallest absolute Gasteiger partial charge is 0.133 e. The molecule has 0 aliphatic rings. The molecule has 3 rings (SSSR count). The molecule has 0 N–H and O–H groups in total. The van der Waals surface area contributed by atoms with Crippen LogP contribution in [0.3, 0.4) is 0 Å². The van der Waals surface area contributed by atoms with Gasteiger partial charge in [-0.1, -0.05) is 40.9 Å². The fourth-order valence-electron chi connectivity index (χ4n) is 2.06. The maximum absolute atomic E-state index is 13.5. The fraction of sp³-hybridized carbons (Fsp3) is 0.0588. The van der Waals surface area contributed by atoms with Crippen molar-refractivity contribution in [3.63, 3.8) is 0 Å². The van der Waals surface area contributed by atoms with Gasteiger partial charge in [0.1, 0.15) is 11.6 Å². The number of rotatable bonds is 4. The SMILES string of the molecule is Fc1ccc(/C=C/Cc2ccc(-c3cnns3)cc2)c(F)c1. The summed E-state index contributed by atoms with van der Waals surface area (Å²) in [6.07, 6.45) is 5.93. The van der Waals surface area contributed by atoms with Gasteiger partial charge in [0.2, 0.25) is 0 Å². The van der Waals surface area contributed by atoms with E-state index >= 15 is 0 Å². The van der Waals surface area contributed by atoms with Gasteiger partial charge in [0.05, 0.1) is 11.1 Å². The molecule has 0 atom stereocenters. The lowest BCUT2D eigenvalue weighted by Gasteiger charge is -2.00. The van der Waals surface area contributed by atoms with Crippen LogP contribution in [0.5, 0.6) is 0 Å². The molecule has 1 heterocycles. The zero-order valence-electron chi connectivity index (χ0n) is 11.5. The summed E-state index contributed by atoms with van der Waals surface area (Å²) < 4.78 is 30.1. The Bertz CT molecular complexity index is 781. The Morgan fingerprint density at radius 2 is 1.86 bits per heavy atom. The molecule has 2 aromatic carbocycles. The predicted molar refractivity (Wildman–Crippen MR) is 84.4 cm³/mol. The van der Waals surface area contributed by atoms with Gasteiger partial charge in [0.25, 0.3) is 0 Å². The molecule has 2 nitrogen and oxygen atoms in total. The number of hydrogen-bond acceptors (Lipinski definition) is 3. The highest BCUT2D eigenvalue weighted by Crippen LogP contribution is 2.22. The third kappa shape index (κ3) is 3.43. The van der Waals surface area contributed by atoms with Crippen LogP contribution >= 0.6 is 11.5 Å². The first kappa shape index (κ1) is 14.5. The van der Waals surface area contributed by atoms with Crippen LogP contribution in [0, 0.1) is 11.6 Å². The van der Waals surface area contributed by atoms with Crippen LogP contribution in [0.1, 0.15) is 11.1 Å². The maximum Gasteiger partial charge on any atom is 0.133 e. The van der Waals surface area contributed by atoms with Crippen molar-refractivity contribution in [1.82, 2.24) is 9.59 Å². The second kappa shape index (κ2) is 6.58. The van der Waals surface area contributed by atoms with E-state index < -0.39 is 11.6 Å². The minimum absolute atomic E-state index is 0.383. The summed E-state index contributed by atoms with van der Waals surface area (Å²) >= 11 is 1.35. The Morgan fingerprint density at radius 3 is 2.55 bits per heavy atom. The van der Waals surface area contributed by atoms with Crippen LogP contribution in [0.25, 0.3) is 16.5 Å². The summed E-state index contributed by atoms with van der Waals surface area (Å²) in [6.45, 7) is 0. The molecule has 3 aromatic rings. The van der Waals surface area contributed by atoms with Crippen molar-refractivity contribution in [2.45, 2.75) is 6.42 Å². The number of aromatic nitrogens is 2. The second-order valence-corrected chi connectivity index (χ2v) is 5.54. The lowest BCUT2D eigenvalue weighted by molar-refractivity contribution is 0.581. The normalized spacial score (nSPS) is 11.2. The van der Waals surface area contributed by atoms with Crippen molar-refractivity contribution in [3.8, 4) is 10.4 Å². The molecule has 22 heavy (non-hydrogen) atoms. The van der Waals surface area contributed by atoms with Crippen molar-refractivity contribution < 1.29 is 8.78 Å². The monoisotopic (exact) mass is 314 g/mol. The zero-order chi connectivity index (χ0) is 15.4. The Kier molecular flexibility index (Phi) is 4.34. The van der Waals surface area contributed by atoms with E-state index in [0.29, 0.717) is 12.0 Å². The highest BCUT2D eigenvalue weighted by molar-refractivity contribution is 7.09. The third-order valence-electron chi connectivity index (χ3n) is 3.21. The van der Waals surface area contributed by atoms with Crippen molar-refractivity contribution in [2.75, 3.05) is 0 Å². The van der Waals surface area contributed by atoms with E-state index in [-0.39, 0.29) is 0 Å². The van der Waals surface area contributed by atoms with E-state index in [4.69, 9.17) is 0 Å². The minimum Gasteiger partial charge on any atom is -0.207 e. The molecule has 0 bridgehead atoms. The maximum atomic E-state index is 13.5. The molecule has 0 radical (unpaired) electrons. The third-order valence-corrected chi connectivity index (χ3v) is 3.93. The van der Waals surface area contributed by atoms with Crippen LogP contribution in [0.2, 0.25) is 0 Å². The molecule has 0 aliphatic heterocycles. The molecule has 0 saturated carbocycles. The molecule has 0 amide bonds. The minimum atomic E-state index is -0.567. The first-order valence-corrected chi connectivity index (χ1v) is 7.48. The first-order valence-electron chi connectivity index (χ1n) is 6.70. The van der Waals surface area contributed by atoms with Crippen molar-refractivity contribution in [2.24, 2.45) is 0 Å². The summed E-state index contributed by atoms with van der Waals surface area (Å²) in [5.74, 6) is -1.12. The second-order valence-electron chi connectivity index (χ2n) is 4.75. The van der Waals surface area contributed by atoms with Gasteiger partial charge in [-0.05, 0) is 41.2 Å². The van der Waals surface area contributed by atoms with Crippen molar-refractivity contribution in [1.29, 1.82) is 0 Å². The average molecular weight is 314 g/mol. The van der Waals surface area contributed by atoms with E-state index in [1.807, 2.05) is 30.3 Å². The van der Waals surface area contributed by atoms with E-state index in [1.165, 1.54) is 23.7 Å². The average Bonchev–Trinajstić information content (AvgIpc) is 3.04. The highest BCUT2D eigenvalue weighted by atomic mass is 32.1. The first-order chi connectivity index (χ1) is 10.7. The number of hydrogen-bond donors (Lipinski definition) is 0. The highest BCUT2D eigenvalue weighted by Gasteiger charge is 2.01. The van der Waals surface area contributed by atoms with Crippen LogP contribution in [0.4, 0.5) is 8.78 Å². The van der Waals surface area contributed by atoms with Gasteiger partial charge in [-0.3, -0.25) is 0 Å². The van der Waals surface area contributed by atoms with Crippen LogP contribution < -0.4 is 0 Å². The zero-order valence-corrected chi connectivity index (χ0v) is 12.4. The van der Waals surface area contributed by atoms with Crippen molar-refractivity contribution >= 4 is 17.6 Å². The standard InChI is InChI=1S/C17H12F2N2S/c18-15-9-8-13(16(19)10-15)3-1-2-12-4-6-14(7-5-12)17-11-20-21-22-17/h1,3-11H,2H2/b3-1+. The summed E-state index contributed by atoms with van der Waals surface area (Å²) in [5, 5.41) is 3.81. The molecule has 0 saturated heterocycles. The van der Waals surface area contributed by atoms with Gasteiger partial charge in [0.15, 0.2) is 0 Å². The van der Waals surface area contributed by atoms with Gasteiger partial charge in [-0.2, -0.15) is 0 Å². The van der Waals surface area contributed by atoms with E-state index in [1.54, 1.807) is 12.3 Å².